The van der Waals surface area contributed by atoms with Crippen LogP contribution in [-0.4, -0.2) is 37.6 Å². The van der Waals surface area contributed by atoms with Gasteiger partial charge in [-0.25, -0.2) is 4.39 Å². The van der Waals surface area contributed by atoms with E-state index in [2.05, 4.69) is 0 Å². The van der Waals surface area contributed by atoms with Gasteiger partial charge in [-0.1, -0.05) is 6.07 Å². The van der Waals surface area contributed by atoms with Crippen LogP contribution in [0.5, 0.6) is 5.75 Å². The van der Waals surface area contributed by atoms with Crippen molar-refractivity contribution in [1.29, 1.82) is 0 Å². The summed E-state index contributed by atoms with van der Waals surface area (Å²) in [4.78, 5) is 13.8. The molecule has 4 nitrogen and oxygen atoms in total. The van der Waals surface area contributed by atoms with E-state index >= 15 is 0 Å². The van der Waals surface area contributed by atoms with Crippen LogP contribution in [0.2, 0.25) is 0 Å². The molecule has 0 heterocycles. The zero-order valence-electron chi connectivity index (χ0n) is 10.8. The smallest absolute Gasteiger partial charge is 0.260 e. The third kappa shape index (κ3) is 3.20. The summed E-state index contributed by atoms with van der Waals surface area (Å²) in [5, 5.41) is 0. The maximum Gasteiger partial charge on any atom is 0.260 e. The summed E-state index contributed by atoms with van der Waals surface area (Å²) in [6.45, 7) is 3.37. The van der Waals surface area contributed by atoms with E-state index in [9.17, 15) is 9.18 Å². The molecule has 18 heavy (non-hydrogen) atoms. The largest absolute Gasteiger partial charge is 0.496 e. The van der Waals surface area contributed by atoms with Gasteiger partial charge >= 0.3 is 0 Å². The van der Waals surface area contributed by atoms with Crippen LogP contribution in [0, 0.1) is 5.82 Å². The Hall–Kier alpha value is -1.62. The summed E-state index contributed by atoms with van der Waals surface area (Å²) in [6.07, 6.45) is 0.691. The second-order valence-electron chi connectivity index (χ2n) is 3.84. The Balaban J connectivity index is 3.00. The van der Waals surface area contributed by atoms with E-state index in [0.717, 1.165) is 0 Å². The number of nitrogens with zero attached hydrogens (tertiary/aromatic N) is 1. The highest BCUT2D eigenvalue weighted by Gasteiger charge is 2.21. The monoisotopic (exact) mass is 254 g/mol. The summed E-state index contributed by atoms with van der Waals surface area (Å²) in [5.41, 5.74) is 5.40. The zero-order valence-corrected chi connectivity index (χ0v) is 10.8. The van der Waals surface area contributed by atoms with Crippen LogP contribution in [0.25, 0.3) is 0 Å². The minimum Gasteiger partial charge on any atom is -0.496 e. The summed E-state index contributed by atoms with van der Waals surface area (Å²) in [7, 11) is 1.42. The Bertz CT molecular complexity index is 410. The Morgan fingerprint density at radius 2 is 2.22 bits per heavy atom. The number of hydrogen-bond donors (Lipinski definition) is 1. The third-order valence-corrected chi connectivity index (χ3v) is 2.71. The maximum atomic E-state index is 13.8. The Labute approximate surface area is 107 Å². The molecular formula is C13H19FN2O2. The molecule has 0 bridgehead atoms. The average Bonchev–Trinajstić information content (AvgIpc) is 2.38. The quantitative estimate of drug-likeness (QED) is 0.839. The molecule has 0 aliphatic heterocycles. The van der Waals surface area contributed by atoms with Crippen molar-refractivity contribution in [3.8, 4) is 5.75 Å². The molecule has 2 N–H and O–H groups in total. The van der Waals surface area contributed by atoms with Crippen LogP contribution in [0.3, 0.4) is 0 Å². The fourth-order valence-corrected chi connectivity index (χ4v) is 1.73. The molecular weight excluding hydrogens is 235 g/mol. The molecule has 0 atom stereocenters. The van der Waals surface area contributed by atoms with Crippen molar-refractivity contribution in [3.05, 3.63) is 29.6 Å². The van der Waals surface area contributed by atoms with Gasteiger partial charge in [-0.2, -0.15) is 0 Å². The first-order valence-electron chi connectivity index (χ1n) is 5.97. The molecule has 0 saturated heterocycles. The number of halogens is 1. The molecule has 0 radical (unpaired) electrons. The first-order valence-corrected chi connectivity index (χ1v) is 5.97. The summed E-state index contributed by atoms with van der Waals surface area (Å²) < 4.78 is 18.8. The van der Waals surface area contributed by atoms with Crippen molar-refractivity contribution in [3.63, 3.8) is 0 Å². The van der Waals surface area contributed by atoms with E-state index in [1.165, 1.54) is 19.2 Å². The molecule has 1 aromatic rings. The molecule has 0 fully saturated rings. The zero-order chi connectivity index (χ0) is 13.5. The second kappa shape index (κ2) is 6.96. The number of rotatable bonds is 6. The number of nitrogens with two attached hydrogens (primary N) is 1. The molecule has 0 aliphatic carbocycles. The minimum atomic E-state index is -0.564. The average molecular weight is 254 g/mol. The molecule has 0 aliphatic rings. The van der Waals surface area contributed by atoms with Gasteiger partial charge in [0.1, 0.15) is 17.1 Å². The number of hydrogen-bond acceptors (Lipinski definition) is 3. The van der Waals surface area contributed by atoms with Gasteiger partial charge in [0.2, 0.25) is 0 Å². The van der Waals surface area contributed by atoms with Gasteiger partial charge in [0, 0.05) is 13.1 Å². The summed E-state index contributed by atoms with van der Waals surface area (Å²) in [6, 6.07) is 4.35. The van der Waals surface area contributed by atoms with Crippen molar-refractivity contribution in [2.45, 2.75) is 13.3 Å². The number of benzene rings is 1. The van der Waals surface area contributed by atoms with Crippen LogP contribution < -0.4 is 10.5 Å². The Morgan fingerprint density at radius 3 is 2.78 bits per heavy atom. The van der Waals surface area contributed by atoms with Crippen LogP contribution in [-0.2, 0) is 0 Å². The molecule has 1 amide bonds. The molecule has 1 rings (SSSR count). The predicted octanol–water partition coefficient (Wildman–Crippen LogP) is 1.65. The van der Waals surface area contributed by atoms with E-state index in [-0.39, 0.29) is 17.2 Å². The van der Waals surface area contributed by atoms with Crippen LogP contribution in [0.1, 0.15) is 23.7 Å². The Kier molecular flexibility index (Phi) is 5.58. The highest BCUT2D eigenvalue weighted by atomic mass is 19.1. The van der Waals surface area contributed by atoms with E-state index in [1.54, 1.807) is 11.0 Å². The number of carbonyl (C=O) groups excluding carboxylic acids is 1. The molecule has 0 spiro atoms. The fraction of sp³-hybridized carbons (Fsp3) is 0.462. The van der Waals surface area contributed by atoms with E-state index < -0.39 is 5.82 Å². The summed E-state index contributed by atoms with van der Waals surface area (Å²) in [5.74, 6) is -0.669. The molecule has 0 saturated carbocycles. The van der Waals surface area contributed by atoms with Crippen LogP contribution in [0.4, 0.5) is 4.39 Å². The molecule has 100 valence electrons. The highest BCUT2D eigenvalue weighted by Crippen LogP contribution is 2.22. The lowest BCUT2D eigenvalue weighted by atomic mass is 10.1. The van der Waals surface area contributed by atoms with Crippen molar-refractivity contribution in [2.75, 3.05) is 26.7 Å². The number of ether oxygens (including phenoxy) is 1. The fourth-order valence-electron chi connectivity index (χ4n) is 1.73. The topological polar surface area (TPSA) is 55.6 Å². The highest BCUT2D eigenvalue weighted by molar-refractivity contribution is 5.97. The van der Waals surface area contributed by atoms with Crippen LogP contribution in [0.15, 0.2) is 18.2 Å². The van der Waals surface area contributed by atoms with Crippen molar-refractivity contribution in [2.24, 2.45) is 5.73 Å². The molecule has 0 unspecified atom stereocenters. The van der Waals surface area contributed by atoms with Gasteiger partial charge in [-0.15, -0.1) is 0 Å². The van der Waals surface area contributed by atoms with Gasteiger partial charge < -0.3 is 15.4 Å². The van der Waals surface area contributed by atoms with E-state index in [4.69, 9.17) is 10.5 Å². The van der Waals surface area contributed by atoms with Crippen molar-refractivity contribution in [1.82, 2.24) is 4.90 Å². The first-order chi connectivity index (χ1) is 8.65. The Morgan fingerprint density at radius 1 is 1.50 bits per heavy atom. The number of methoxy groups -OCH3 is 1. The van der Waals surface area contributed by atoms with Gasteiger partial charge in [0.15, 0.2) is 0 Å². The van der Waals surface area contributed by atoms with Gasteiger partial charge in [0.25, 0.3) is 5.91 Å². The minimum absolute atomic E-state index is 0.0149. The van der Waals surface area contributed by atoms with Crippen molar-refractivity contribution >= 4 is 5.91 Å². The van der Waals surface area contributed by atoms with Gasteiger partial charge in [0.05, 0.1) is 7.11 Å². The normalized spacial score (nSPS) is 10.2. The SMILES string of the molecule is CCN(CCCN)C(=O)c1c(F)cccc1OC. The van der Waals surface area contributed by atoms with Crippen LogP contribution >= 0.6 is 0 Å². The third-order valence-electron chi connectivity index (χ3n) is 2.71. The van der Waals surface area contributed by atoms with E-state index in [1.807, 2.05) is 6.92 Å². The summed E-state index contributed by atoms with van der Waals surface area (Å²) >= 11 is 0. The predicted molar refractivity (Wildman–Crippen MR) is 68.2 cm³/mol. The lowest BCUT2D eigenvalue weighted by molar-refractivity contribution is 0.0755. The van der Waals surface area contributed by atoms with E-state index in [0.29, 0.717) is 26.1 Å². The number of carbonyl (C=O) groups is 1. The second-order valence-corrected chi connectivity index (χ2v) is 3.84. The first kappa shape index (κ1) is 14.4. The van der Waals surface area contributed by atoms with Gasteiger partial charge in [-0.3, -0.25) is 4.79 Å². The molecule has 0 aromatic heterocycles. The molecule has 5 heteroatoms. The number of amides is 1. The molecule has 1 aromatic carbocycles. The van der Waals surface area contributed by atoms with Gasteiger partial charge in [-0.05, 0) is 32.0 Å². The lowest BCUT2D eigenvalue weighted by Gasteiger charge is -2.21. The maximum absolute atomic E-state index is 13.8. The van der Waals surface area contributed by atoms with Crippen molar-refractivity contribution < 1.29 is 13.9 Å². The standard InChI is InChI=1S/C13H19FN2O2/c1-3-16(9-5-8-15)13(17)12-10(14)6-4-7-11(12)18-2/h4,6-7H,3,5,8-9,15H2,1-2H3. The lowest BCUT2D eigenvalue weighted by Crippen LogP contribution is -2.33.